The second-order valence-electron chi connectivity index (χ2n) is 7.79. The minimum absolute atomic E-state index is 0.0245. The molecule has 0 saturated carbocycles. The molecule has 1 fully saturated rings. The van der Waals surface area contributed by atoms with Crippen LogP contribution in [-0.4, -0.2) is 58.0 Å². The number of nitrogens with two attached hydrogens (primary N) is 1. The van der Waals surface area contributed by atoms with Crippen molar-refractivity contribution >= 4 is 11.5 Å². The highest BCUT2D eigenvalue weighted by molar-refractivity contribution is 5.49. The summed E-state index contributed by atoms with van der Waals surface area (Å²) in [5, 5.41) is 13.4. The Morgan fingerprint density at radius 3 is 2.90 bits per heavy atom. The van der Waals surface area contributed by atoms with Crippen molar-refractivity contribution in [2.24, 2.45) is 0 Å². The number of nitrogens with zero attached hydrogens (tertiary/aromatic N) is 4. The van der Waals surface area contributed by atoms with Gasteiger partial charge >= 0.3 is 0 Å². The number of nitrogen functional groups attached to an aromatic ring is 1. The van der Waals surface area contributed by atoms with Crippen molar-refractivity contribution in [3.63, 3.8) is 0 Å². The van der Waals surface area contributed by atoms with Crippen LogP contribution in [0.3, 0.4) is 0 Å². The van der Waals surface area contributed by atoms with Crippen molar-refractivity contribution < 1.29 is 14.6 Å². The van der Waals surface area contributed by atoms with Crippen LogP contribution in [0.4, 0.5) is 5.82 Å². The molecular formula is C22H29N5O3. The standard InChI is InChI=1S/C22H29N5O3/c1-15-10-22-24-18(12-21(23)27(22)25-15)17-4-3-7-26(14-17)13-16-5-6-19(30-9-8-28)20(11-16)29-2/h5-6,10-12,17,28H,3-4,7-9,13-14,23H2,1-2H3/t17-/m1/s1. The number of methoxy groups -OCH3 is 1. The number of rotatable bonds is 7. The molecule has 0 aliphatic carbocycles. The summed E-state index contributed by atoms with van der Waals surface area (Å²) >= 11 is 0. The van der Waals surface area contributed by atoms with Gasteiger partial charge in [-0.1, -0.05) is 6.07 Å². The smallest absolute Gasteiger partial charge is 0.161 e. The van der Waals surface area contributed by atoms with Gasteiger partial charge in [0.25, 0.3) is 0 Å². The van der Waals surface area contributed by atoms with Crippen molar-refractivity contribution in [2.75, 3.05) is 39.1 Å². The Kier molecular flexibility index (Phi) is 6.06. The number of hydrogen-bond donors (Lipinski definition) is 2. The maximum Gasteiger partial charge on any atom is 0.161 e. The van der Waals surface area contributed by atoms with E-state index in [0.717, 1.165) is 55.1 Å². The third kappa shape index (κ3) is 4.34. The number of likely N-dealkylation sites (tertiary alicyclic amines) is 1. The highest BCUT2D eigenvalue weighted by Crippen LogP contribution is 2.31. The molecule has 1 aromatic carbocycles. The lowest BCUT2D eigenvalue weighted by Gasteiger charge is -2.32. The van der Waals surface area contributed by atoms with Gasteiger partial charge in [-0.25, -0.2) is 4.98 Å². The van der Waals surface area contributed by atoms with Gasteiger partial charge in [-0.2, -0.15) is 9.61 Å². The van der Waals surface area contributed by atoms with Crippen molar-refractivity contribution in [1.29, 1.82) is 0 Å². The molecule has 2 aromatic heterocycles. The van der Waals surface area contributed by atoms with Gasteiger partial charge in [0.05, 0.1) is 25.1 Å². The van der Waals surface area contributed by atoms with E-state index in [1.165, 1.54) is 0 Å². The molecule has 1 saturated heterocycles. The molecule has 160 valence electrons. The largest absolute Gasteiger partial charge is 0.493 e. The number of hydrogen-bond acceptors (Lipinski definition) is 7. The average Bonchev–Trinajstić information content (AvgIpc) is 3.14. The number of aliphatic hydroxyl groups excluding tert-OH is 1. The number of aromatic nitrogens is 3. The molecule has 1 aliphatic rings. The number of aliphatic hydroxyl groups is 1. The third-order valence-electron chi connectivity index (χ3n) is 5.50. The zero-order chi connectivity index (χ0) is 21.1. The molecule has 3 aromatic rings. The molecule has 3 N–H and O–H groups in total. The summed E-state index contributed by atoms with van der Waals surface area (Å²) in [7, 11) is 1.63. The summed E-state index contributed by atoms with van der Waals surface area (Å²) in [4.78, 5) is 7.27. The fraction of sp³-hybridized carbons (Fsp3) is 0.455. The molecule has 1 aliphatic heterocycles. The fourth-order valence-corrected chi connectivity index (χ4v) is 4.13. The fourth-order valence-electron chi connectivity index (χ4n) is 4.13. The Hall–Kier alpha value is -2.84. The Balaban J connectivity index is 1.48. The minimum Gasteiger partial charge on any atom is -0.493 e. The van der Waals surface area contributed by atoms with Crippen LogP contribution in [0.25, 0.3) is 5.65 Å². The number of anilines is 1. The number of aryl methyl sites for hydroxylation is 1. The maximum absolute atomic E-state index is 8.97. The van der Waals surface area contributed by atoms with E-state index in [9.17, 15) is 0 Å². The zero-order valence-corrected chi connectivity index (χ0v) is 17.5. The van der Waals surface area contributed by atoms with Crippen LogP contribution in [0.1, 0.15) is 35.7 Å². The molecule has 30 heavy (non-hydrogen) atoms. The quantitative estimate of drug-likeness (QED) is 0.616. The second-order valence-corrected chi connectivity index (χ2v) is 7.79. The van der Waals surface area contributed by atoms with Crippen LogP contribution in [0.5, 0.6) is 11.5 Å². The molecule has 0 spiro atoms. The first-order valence-electron chi connectivity index (χ1n) is 10.3. The molecule has 0 bridgehead atoms. The zero-order valence-electron chi connectivity index (χ0n) is 17.5. The first-order valence-corrected chi connectivity index (χ1v) is 10.3. The molecule has 8 heteroatoms. The molecular weight excluding hydrogens is 382 g/mol. The Bertz CT molecular complexity index is 1020. The molecule has 0 radical (unpaired) electrons. The molecule has 0 amide bonds. The van der Waals surface area contributed by atoms with Crippen LogP contribution in [0.15, 0.2) is 30.3 Å². The summed E-state index contributed by atoms with van der Waals surface area (Å²) in [5.74, 6) is 2.31. The SMILES string of the molecule is COc1cc(CN2CCC[C@@H](c3cc(N)n4nc(C)cc4n3)C2)ccc1OCCO. The van der Waals surface area contributed by atoms with E-state index < -0.39 is 0 Å². The van der Waals surface area contributed by atoms with E-state index in [2.05, 4.69) is 16.1 Å². The van der Waals surface area contributed by atoms with E-state index in [4.69, 9.17) is 25.3 Å². The van der Waals surface area contributed by atoms with Crippen molar-refractivity contribution in [3.05, 3.63) is 47.3 Å². The van der Waals surface area contributed by atoms with Gasteiger partial charge in [-0.15, -0.1) is 0 Å². The summed E-state index contributed by atoms with van der Waals surface area (Å²) in [5.41, 5.74) is 10.1. The molecule has 3 heterocycles. The number of fused-ring (bicyclic) bond motifs is 1. The molecule has 4 rings (SSSR count). The van der Waals surface area contributed by atoms with Crippen LogP contribution < -0.4 is 15.2 Å². The number of benzene rings is 1. The lowest BCUT2D eigenvalue weighted by Crippen LogP contribution is -2.34. The lowest BCUT2D eigenvalue weighted by molar-refractivity contribution is 0.194. The van der Waals surface area contributed by atoms with Gasteiger partial charge in [-0.3, -0.25) is 4.90 Å². The molecule has 0 unspecified atom stereocenters. The summed E-state index contributed by atoms with van der Waals surface area (Å²) < 4.78 is 12.7. The van der Waals surface area contributed by atoms with Gasteiger partial charge in [-0.05, 0) is 44.0 Å². The third-order valence-corrected chi connectivity index (χ3v) is 5.50. The van der Waals surface area contributed by atoms with Crippen molar-refractivity contribution in [2.45, 2.75) is 32.2 Å². The van der Waals surface area contributed by atoms with Crippen molar-refractivity contribution in [3.8, 4) is 11.5 Å². The first-order chi connectivity index (χ1) is 14.6. The maximum atomic E-state index is 8.97. The predicted octanol–water partition coefficient (Wildman–Crippen LogP) is 2.38. The van der Waals surface area contributed by atoms with Crippen LogP contribution in [0, 0.1) is 6.92 Å². The highest BCUT2D eigenvalue weighted by atomic mass is 16.5. The number of ether oxygens (including phenoxy) is 2. The van der Waals surface area contributed by atoms with Crippen molar-refractivity contribution in [1.82, 2.24) is 19.5 Å². The second kappa shape index (κ2) is 8.89. The Labute approximate surface area is 176 Å². The molecule has 1 atom stereocenters. The first kappa shape index (κ1) is 20.4. The van der Waals surface area contributed by atoms with E-state index in [-0.39, 0.29) is 13.2 Å². The van der Waals surface area contributed by atoms with E-state index in [1.807, 2.05) is 31.2 Å². The lowest BCUT2D eigenvalue weighted by atomic mass is 9.94. The normalized spacial score (nSPS) is 17.4. The van der Waals surface area contributed by atoms with Gasteiger partial charge in [0.2, 0.25) is 0 Å². The van der Waals surface area contributed by atoms with Gasteiger partial charge in [0.1, 0.15) is 12.4 Å². The summed E-state index contributed by atoms with van der Waals surface area (Å²) in [6, 6.07) is 9.89. The van der Waals surface area contributed by atoms with Gasteiger partial charge < -0.3 is 20.3 Å². The van der Waals surface area contributed by atoms with E-state index >= 15 is 0 Å². The van der Waals surface area contributed by atoms with Crippen LogP contribution >= 0.6 is 0 Å². The summed E-state index contributed by atoms with van der Waals surface area (Å²) in [6.45, 7) is 4.98. The van der Waals surface area contributed by atoms with Crippen LogP contribution in [0.2, 0.25) is 0 Å². The summed E-state index contributed by atoms with van der Waals surface area (Å²) in [6.07, 6.45) is 2.22. The Morgan fingerprint density at radius 2 is 2.10 bits per heavy atom. The molecule has 8 nitrogen and oxygen atoms in total. The van der Waals surface area contributed by atoms with Crippen LogP contribution in [-0.2, 0) is 6.54 Å². The highest BCUT2D eigenvalue weighted by Gasteiger charge is 2.24. The van der Waals surface area contributed by atoms with Gasteiger partial charge in [0, 0.05) is 31.1 Å². The van der Waals surface area contributed by atoms with E-state index in [0.29, 0.717) is 23.2 Å². The predicted molar refractivity (Wildman–Crippen MR) is 115 cm³/mol. The minimum atomic E-state index is -0.0245. The topological polar surface area (TPSA) is 98.1 Å². The van der Waals surface area contributed by atoms with E-state index in [1.54, 1.807) is 11.6 Å². The Morgan fingerprint density at radius 1 is 1.23 bits per heavy atom. The monoisotopic (exact) mass is 411 g/mol. The average molecular weight is 412 g/mol. The number of piperidine rings is 1. The van der Waals surface area contributed by atoms with Gasteiger partial charge in [0.15, 0.2) is 17.1 Å².